The van der Waals surface area contributed by atoms with Gasteiger partial charge in [-0.3, -0.25) is 0 Å². The molecule has 3 nitrogen and oxygen atoms in total. The molecule has 0 bridgehead atoms. The van der Waals surface area contributed by atoms with Gasteiger partial charge in [-0.25, -0.2) is 13.8 Å². The smallest absolute Gasteiger partial charge is 0.130 e. The second-order valence-electron chi connectivity index (χ2n) is 5.12. The van der Waals surface area contributed by atoms with Crippen molar-refractivity contribution < 1.29 is 8.78 Å². The maximum absolute atomic E-state index is 13.7. The van der Waals surface area contributed by atoms with Gasteiger partial charge in [-0.05, 0) is 32.9 Å². The Morgan fingerprint density at radius 3 is 2.45 bits per heavy atom. The first-order valence-corrected chi connectivity index (χ1v) is 6.68. The summed E-state index contributed by atoms with van der Waals surface area (Å²) in [5, 5.41) is 3.14. The van der Waals surface area contributed by atoms with Crippen LogP contribution in [0.15, 0.2) is 30.7 Å². The van der Waals surface area contributed by atoms with Crippen molar-refractivity contribution in [3.63, 3.8) is 0 Å². The van der Waals surface area contributed by atoms with E-state index >= 15 is 0 Å². The Kier molecular flexibility index (Phi) is 4.49. The molecule has 1 N–H and O–H groups in total. The van der Waals surface area contributed by atoms with E-state index in [0.717, 1.165) is 5.69 Å². The lowest BCUT2D eigenvalue weighted by atomic mass is 10.1. The molecule has 1 heterocycles. The van der Waals surface area contributed by atoms with Gasteiger partial charge in [0.05, 0.1) is 12.0 Å². The first-order chi connectivity index (χ1) is 9.50. The van der Waals surface area contributed by atoms with Crippen molar-refractivity contribution in [2.75, 3.05) is 0 Å². The Bertz CT molecular complexity index is 558. The summed E-state index contributed by atoms with van der Waals surface area (Å²) in [5.41, 5.74) is 1.06. The van der Waals surface area contributed by atoms with E-state index in [0.29, 0.717) is 12.6 Å². The minimum absolute atomic E-state index is 0.0723. The average Bonchev–Trinajstić information content (AvgIpc) is 2.84. The van der Waals surface area contributed by atoms with E-state index in [1.165, 1.54) is 18.2 Å². The molecule has 2 rings (SSSR count). The van der Waals surface area contributed by atoms with Crippen LogP contribution in [-0.4, -0.2) is 9.55 Å². The van der Waals surface area contributed by atoms with Gasteiger partial charge in [0.25, 0.3) is 0 Å². The predicted molar refractivity (Wildman–Crippen MR) is 74.2 cm³/mol. The highest BCUT2D eigenvalue weighted by Crippen LogP contribution is 2.20. The number of hydrogen-bond donors (Lipinski definition) is 1. The largest absolute Gasteiger partial charge is 0.331 e. The van der Waals surface area contributed by atoms with Crippen LogP contribution in [0.1, 0.15) is 44.1 Å². The van der Waals surface area contributed by atoms with Gasteiger partial charge in [-0.1, -0.05) is 6.07 Å². The molecule has 108 valence electrons. The fourth-order valence-corrected chi connectivity index (χ4v) is 2.22. The fourth-order valence-electron chi connectivity index (χ4n) is 2.22. The van der Waals surface area contributed by atoms with Crippen LogP contribution in [0.3, 0.4) is 0 Å². The van der Waals surface area contributed by atoms with E-state index < -0.39 is 17.7 Å². The number of halogens is 2. The molecule has 0 radical (unpaired) electrons. The van der Waals surface area contributed by atoms with Gasteiger partial charge in [-0.2, -0.15) is 0 Å². The zero-order chi connectivity index (χ0) is 14.7. The fraction of sp³-hybridized carbons (Fsp3) is 0.400. The molecule has 0 spiro atoms. The van der Waals surface area contributed by atoms with Crippen molar-refractivity contribution in [3.05, 3.63) is 53.6 Å². The number of rotatable bonds is 5. The van der Waals surface area contributed by atoms with E-state index in [4.69, 9.17) is 0 Å². The molecule has 1 atom stereocenters. The van der Waals surface area contributed by atoms with E-state index in [2.05, 4.69) is 24.1 Å². The third kappa shape index (κ3) is 3.04. The second kappa shape index (κ2) is 6.13. The molecule has 1 unspecified atom stereocenters. The molecule has 20 heavy (non-hydrogen) atoms. The lowest BCUT2D eigenvalue weighted by molar-refractivity contribution is 0.473. The Hall–Kier alpha value is -1.75. The Morgan fingerprint density at radius 2 is 1.85 bits per heavy atom. The van der Waals surface area contributed by atoms with E-state index in [1.807, 2.05) is 4.57 Å². The summed E-state index contributed by atoms with van der Waals surface area (Å²) in [4.78, 5) is 4.10. The van der Waals surface area contributed by atoms with Gasteiger partial charge in [0.15, 0.2) is 0 Å². The van der Waals surface area contributed by atoms with Crippen molar-refractivity contribution in [2.24, 2.45) is 0 Å². The molecule has 0 aliphatic heterocycles. The standard InChI is InChI=1S/C15H19F2N3/c1-10(2)20-9-18-7-12(20)8-19-11(3)15-13(16)5-4-6-14(15)17/h4-7,9-11,19H,8H2,1-3H3. The molecular formula is C15H19F2N3. The van der Waals surface area contributed by atoms with Crippen molar-refractivity contribution in [2.45, 2.75) is 39.4 Å². The zero-order valence-electron chi connectivity index (χ0n) is 11.9. The summed E-state index contributed by atoms with van der Waals surface area (Å²) < 4.78 is 29.4. The van der Waals surface area contributed by atoms with Gasteiger partial charge in [0, 0.05) is 30.4 Å². The molecule has 5 heteroatoms. The summed E-state index contributed by atoms with van der Waals surface area (Å²) in [6.07, 6.45) is 3.52. The molecule has 0 aliphatic rings. The molecule has 0 saturated heterocycles. The zero-order valence-corrected chi connectivity index (χ0v) is 11.9. The number of imidazole rings is 1. The Balaban J connectivity index is 2.09. The van der Waals surface area contributed by atoms with Crippen LogP contribution < -0.4 is 5.32 Å². The topological polar surface area (TPSA) is 29.9 Å². The minimum atomic E-state index is -0.526. The number of nitrogens with zero attached hydrogens (tertiary/aromatic N) is 2. The maximum atomic E-state index is 13.7. The molecule has 0 aliphatic carbocycles. The molecule has 1 aromatic heterocycles. The van der Waals surface area contributed by atoms with Crippen molar-refractivity contribution >= 4 is 0 Å². The number of aromatic nitrogens is 2. The van der Waals surface area contributed by atoms with Crippen molar-refractivity contribution in [1.29, 1.82) is 0 Å². The van der Waals surface area contributed by atoms with E-state index in [1.54, 1.807) is 19.4 Å². The summed E-state index contributed by atoms with van der Waals surface area (Å²) in [6, 6.07) is 3.81. The van der Waals surface area contributed by atoms with Crippen LogP contribution in [0, 0.1) is 11.6 Å². The van der Waals surface area contributed by atoms with Crippen LogP contribution in [0.25, 0.3) is 0 Å². The third-order valence-electron chi connectivity index (χ3n) is 3.32. The third-order valence-corrected chi connectivity index (χ3v) is 3.32. The SMILES string of the molecule is CC(NCc1cncn1C(C)C)c1c(F)cccc1F. The van der Waals surface area contributed by atoms with Crippen LogP contribution in [0.4, 0.5) is 8.78 Å². The predicted octanol–water partition coefficient (Wildman–Crippen LogP) is 3.59. The van der Waals surface area contributed by atoms with E-state index in [9.17, 15) is 8.78 Å². The summed E-state index contributed by atoms with van der Waals surface area (Å²) in [5.74, 6) is -1.05. The average molecular weight is 279 g/mol. The van der Waals surface area contributed by atoms with Crippen molar-refractivity contribution in [1.82, 2.24) is 14.9 Å². The van der Waals surface area contributed by atoms with E-state index in [-0.39, 0.29) is 5.56 Å². The molecule has 2 aromatic rings. The highest BCUT2D eigenvalue weighted by Gasteiger charge is 2.16. The van der Waals surface area contributed by atoms with Crippen molar-refractivity contribution in [3.8, 4) is 0 Å². The summed E-state index contributed by atoms with van der Waals surface area (Å²) in [6.45, 7) is 6.38. The Labute approximate surface area is 117 Å². The summed E-state index contributed by atoms with van der Waals surface area (Å²) >= 11 is 0. The number of nitrogens with one attached hydrogen (secondary N) is 1. The molecular weight excluding hydrogens is 260 g/mol. The maximum Gasteiger partial charge on any atom is 0.130 e. The number of hydrogen-bond acceptors (Lipinski definition) is 2. The first-order valence-electron chi connectivity index (χ1n) is 6.68. The van der Waals surface area contributed by atoms with Gasteiger partial charge in [0.2, 0.25) is 0 Å². The van der Waals surface area contributed by atoms with Gasteiger partial charge >= 0.3 is 0 Å². The normalized spacial score (nSPS) is 12.9. The lowest BCUT2D eigenvalue weighted by Crippen LogP contribution is -2.22. The summed E-state index contributed by atoms with van der Waals surface area (Å²) in [7, 11) is 0. The molecule has 0 amide bonds. The van der Waals surface area contributed by atoms with Crippen LogP contribution >= 0.6 is 0 Å². The highest BCUT2D eigenvalue weighted by molar-refractivity contribution is 5.22. The lowest BCUT2D eigenvalue weighted by Gasteiger charge is -2.17. The molecule has 1 aromatic carbocycles. The minimum Gasteiger partial charge on any atom is -0.331 e. The van der Waals surface area contributed by atoms with Crippen LogP contribution in [-0.2, 0) is 6.54 Å². The molecule has 0 fully saturated rings. The Morgan fingerprint density at radius 1 is 1.20 bits per heavy atom. The second-order valence-corrected chi connectivity index (χ2v) is 5.12. The van der Waals surface area contributed by atoms with Gasteiger partial charge in [0.1, 0.15) is 11.6 Å². The first kappa shape index (κ1) is 14.7. The van der Waals surface area contributed by atoms with Gasteiger partial charge < -0.3 is 9.88 Å². The molecule has 0 saturated carbocycles. The number of benzene rings is 1. The van der Waals surface area contributed by atoms with Gasteiger partial charge in [-0.15, -0.1) is 0 Å². The van der Waals surface area contributed by atoms with Crippen LogP contribution in [0.5, 0.6) is 0 Å². The highest BCUT2D eigenvalue weighted by atomic mass is 19.1. The quantitative estimate of drug-likeness (QED) is 0.906. The van der Waals surface area contributed by atoms with Crippen LogP contribution in [0.2, 0.25) is 0 Å². The monoisotopic (exact) mass is 279 g/mol.